The van der Waals surface area contributed by atoms with Gasteiger partial charge in [0, 0.05) is 12.1 Å². The zero-order valence-electron chi connectivity index (χ0n) is 12.8. The van der Waals surface area contributed by atoms with Gasteiger partial charge in [-0.2, -0.15) is 0 Å². The van der Waals surface area contributed by atoms with Crippen molar-refractivity contribution in [3.8, 4) is 5.75 Å². The van der Waals surface area contributed by atoms with Gasteiger partial charge in [-0.3, -0.25) is 4.79 Å². The van der Waals surface area contributed by atoms with Crippen LogP contribution >= 0.6 is 0 Å². The van der Waals surface area contributed by atoms with Gasteiger partial charge >= 0.3 is 0 Å². The monoisotopic (exact) mass is 306 g/mol. The third kappa shape index (κ3) is 2.95. The van der Waals surface area contributed by atoms with Gasteiger partial charge in [0.25, 0.3) is 5.91 Å². The van der Waals surface area contributed by atoms with E-state index in [1.807, 2.05) is 0 Å². The molecule has 1 aromatic carbocycles. The molecule has 22 heavy (non-hydrogen) atoms. The molecule has 1 amide bonds. The van der Waals surface area contributed by atoms with Crippen molar-refractivity contribution in [2.75, 3.05) is 7.11 Å². The number of fused-ring (bicyclic) bond motifs is 2. The molecule has 2 saturated carbocycles. The number of ether oxygens (including phenoxy) is 1. The van der Waals surface area contributed by atoms with Gasteiger partial charge in [0.1, 0.15) is 11.6 Å². The first kappa shape index (κ1) is 15.3. The van der Waals surface area contributed by atoms with Crippen LogP contribution in [0.3, 0.4) is 0 Å². The largest absolute Gasteiger partial charge is 0.496 e. The Morgan fingerprint density at radius 1 is 1.32 bits per heavy atom. The molecule has 0 heterocycles. The number of nitrogens with two attached hydrogens (primary N) is 1. The molecule has 2 atom stereocenters. The molecule has 0 radical (unpaired) electrons. The minimum atomic E-state index is -0.434. The molecule has 4 nitrogen and oxygen atoms in total. The van der Waals surface area contributed by atoms with Gasteiger partial charge in [-0.1, -0.05) is 6.42 Å². The maximum Gasteiger partial charge on any atom is 0.255 e. The summed E-state index contributed by atoms with van der Waals surface area (Å²) in [7, 11) is 1.48. The summed E-state index contributed by atoms with van der Waals surface area (Å²) in [6.07, 6.45) is 5.34. The Morgan fingerprint density at radius 3 is 2.64 bits per heavy atom. The summed E-state index contributed by atoms with van der Waals surface area (Å²) < 4.78 is 18.6. The van der Waals surface area contributed by atoms with Gasteiger partial charge in [0.05, 0.1) is 12.7 Å². The van der Waals surface area contributed by atoms with Crippen LogP contribution in [0.1, 0.15) is 42.5 Å². The second-order valence-electron chi connectivity index (χ2n) is 6.53. The maximum absolute atomic E-state index is 13.5. The Morgan fingerprint density at radius 2 is 2.00 bits per heavy atom. The molecule has 5 heteroatoms. The molecular formula is C17H23FN2O2. The number of hydrogen-bond donors (Lipinski definition) is 2. The average Bonchev–Trinajstić information content (AvgIpc) is 2.48. The second kappa shape index (κ2) is 6.24. The Kier molecular flexibility index (Phi) is 4.34. The lowest BCUT2D eigenvalue weighted by atomic mass is 9.67. The minimum absolute atomic E-state index is 0.147. The third-order valence-electron chi connectivity index (χ3n) is 5.08. The van der Waals surface area contributed by atoms with E-state index in [1.54, 1.807) is 0 Å². The van der Waals surface area contributed by atoms with Crippen molar-refractivity contribution in [3.63, 3.8) is 0 Å². The van der Waals surface area contributed by atoms with Crippen LogP contribution in [0.5, 0.6) is 5.75 Å². The topological polar surface area (TPSA) is 64.3 Å². The van der Waals surface area contributed by atoms with Crippen molar-refractivity contribution < 1.29 is 13.9 Å². The Hall–Kier alpha value is -1.62. The molecule has 2 aliphatic rings. The van der Waals surface area contributed by atoms with Gasteiger partial charge in [0.15, 0.2) is 0 Å². The van der Waals surface area contributed by atoms with E-state index in [0.717, 1.165) is 25.7 Å². The molecular weight excluding hydrogens is 283 g/mol. The highest BCUT2D eigenvalue weighted by molar-refractivity contribution is 5.97. The zero-order valence-corrected chi connectivity index (χ0v) is 12.8. The highest BCUT2D eigenvalue weighted by Crippen LogP contribution is 2.39. The summed E-state index contributed by atoms with van der Waals surface area (Å²) in [4.78, 5) is 12.6. The van der Waals surface area contributed by atoms with E-state index in [4.69, 9.17) is 10.5 Å². The maximum atomic E-state index is 13.5. The lowest BCUT2D eigenvalue weighted by Crippen LogP contribution is -2.53. The molecule has 120 valence electrons. The fourth-order valence-corrected chi connectivity index (χ4v) is 4.11. The molecule has 2 fully saturated rings. The van der Waals surface area contributed by atoms with Crippen LogP contribution in [0.15, 0.2) is 18.2 Å². The number of hydrogen-bond acceptors (Lipinski definition) is 3. The summed E-state index contributed by atoms with van der Waals surface area (Å²) in [5.74, 6) is 0.583. The normalized spacial score (nSPS) is 30.7. The van der Waals surface area contributed by atoms with Crippen molar-refractivity contribution >= 4 is 5.91 Å². The van der Waals surface area contributed by atoms with Crippen LogP contribution in [0.25, 0.3) is 0 Å². The number of rotatable bonds is 3. The Labute approximate surface area is 130 Å². The van der Waals surface area contributed by atoms with Crippen LogP contribution in [-0.4, -0.2) is 25.1 Å². The van der Waals surface area contributed by atoms with E-state index in [9.17, 15) is 9.18 Å². The summed E-state index contributed by atoms with van der Waals surface area (Å²) >= 11 is 0. The van der Waals surface area contributed by atoms with E-state index in [-0.39, 0.29) is 23.6 Å². The first-order valence-corrected chi connectivity index (χ1v) is 7.98. The summed E-state index contributed by atoms with van der Waals surface area (Å²) in [6, 6.07) is 4.41. The number of methoxy groups -OCH3 is 1. The predicted molar refractivity (Wildman–Crippen MR) is 82.2 cm³/mol. The van der Waals surface area contributed by atoms with Crippen molar-refractivity contribution in [1.29, 1.82) is 0 Å². The highest BCUT2D eigenvalue weighted by atomic mass is 19.1. The SMILES string of the molecule is COc1ccc(F)cc1C(=O)NC1C2CCCC1CC(N)C2. The smallest absolute Gasteiger partial charge is 0.255 e. The molecule has 0 aliphatic heterocycles. The van der Waals surface area contributed by atoms with E-state index < -0.39 is 5.82 Å². The fourth-order valence-electron chi connectivity index (χ4n) is 4.11. The van der Waals surface area contributed by atoms with E-state index in [1.165, 1.54) is 31.7 Å². The molecule has 3 rings (SSSR count). The van der Waals surface area contributed by atoms with Crippen LogP contribution in [0.2, 0.25) is 0 Å². The molecule has 0 aromatic heterocycles. The van der Waals surface area contributed by atoms with Gasteiger partial charge in [0.2, 0.25) is 0 Å². The lowest BCUT2D eigenvalue weighted by Gasteiger charge is -2.45. The number of halogens is 1. The zero-order chi connectivity index (χ0) is 15.7. The number of amides is 1. The van der Waals surface area contributed by atoms with Crippen LogP contribution in [0, 0.1) is 17.7 Å². The lowest BCUT2D eigenvalue weighted by molar-refractivity contribution is 0.0753. The molecule has 1 aromatic rings. The van der Waals surface area contributed by atoms with Crippen LogP contribution in [-0.2, 0) is 0 Å². The number of carbonyl (C=O) groups is 1. The van der Waals surface area contributed by atoms with Gasteiger partial charge < -0.3 is 15.8 Å². The Bertz CT molecular complexity index is 550. The first-order chi connectivity index (χ1) is 10.6. The quantitative estimate of drug-likeness (QED) is 0.901. The van der Waals surface area contributed by atoms with E-state index >= 15 is 0 Å². The van der Waals surface area contributed by atoms with Crippen molar-refractivity contribution in [3.05, 3.63) is 29.6 Å². The summed E-state index contributed by atoms with van der Waals surface area (Å²) in [5, 5.41) is 3.12. The molecule has 2 unspecified atom stereocenters. The highest BCUT2D eigenvalue weighted by Gasteiger charge is 2.40. The van der Waals surface area contributed by atoms with E-state index in [0.29, 0.717) is 17.6 Å². The Balaban J connectivity index is 1.78. The predicted octanol–water partition coefficient (Wildman–Crippen LogP) is 2.47. The first-order valence-electron chi connectivity index (χ1n) is 7.98. The molecule has 2 bridgehead atoms. The van der Waals surface area contributed by atoms with Crippen LogP contribution in [0.4, 0.5) is 4.39 Å². The summed E-state index contributed by atoms with van der Waals surface area (Å²) in [6.45, 7) is 0. The number of nitrogens with one attached hydrogen (secondary N) is 1. The third-order valence-corrected chi connectivity index (χ3v) is 5.08. The second-order valence-corrected chi connectivity index (χ2v) is 6.53. The molecule has 2 aliphatic carbocycles. The molecule has 3 N–H and O–H groups in total. The molecule has 0 saturated heterocycles. The average molecular weight is 306 g/mol. The van der Waals surface area contributed by atoms with Gasteiger partial charge in [-0.15, -0.1) is 0 Å². The van der Waals surface area contributed by atoms with Crippen LogP contribution < -0.4 is 15.8 Å². The van der Waals surface area contributed by atoms with Crippen molar-refractivity contribution in [2.45, 2.75) is 44.2 Å². The summed E-state index contributed by atoms with van der Waals surface area (Å²) in [5.41, 5.74) is 6.37. The number of carbonyl (C=O) groups excluding carboxylic acids is 1. The van der Waals surface area contributed by atoms with E-state index in [2.05, 4.69) is 5.32 Å². The fraction of sp³-hybridized carbons (Fsp3) is 0.588. The van der Waals surface area contributed by atoms with Gasteiger partial charge in [-0.05, 0) is 55.7 Å². The van der Waals surface area contributed by atoms with Gasteiger partial charge in [-0.25, -0.2) is 4.39 Å². The minimum Gasteiger partial charge on any atom is -0.496 e. The molecule has 0 spiro atoms. The number of benzene rings is 1. The standard InChI is InChI=1S/C17H23FN2O2/c1-22-15-6-5-12(18)9-14(15)17(21)20-16-10-3-2-4-11(16)8-13(19)7-10/h5-6,9-11,13,16H,2-4,7-8,19H2,1H3,(H,20,21). The van der Waals surface area contributed by atoms with Crippen molar-refractivity contribution in [1.82, 2.24) is 5.32 Å². The van der Waals surface area contributed by atoms with Crippen molar-refractivity contribution in [2.24, 2.45) is 17.6 Å².